The van der Waals surface area contributed by atoms with Gasteiger partial charge in [0.15, 0.2) is 0 Å². The molecule has 0 aliphatic carbocycles. The van der Waals surface area contributed by atoms with Crippen molar-refractivity contribution in [2.75, 3.05) is 11.4 Å². The Balaban J connectivity index is 2.53. The van der Waals surface area contributed by atoms with Crippen molar-refractivity contribution < 1.29 is 36.2 Å². The maximum absolute atomic E-state index is 12.7. The molecule has 2 heterocycles. The summed E-state index contributed by atoms with van der Waals surface area (Å²) in [7, 11) is 0. The Kier molecular flexibility index (Phi) is 3.96. The fourth-order valence-corrected chi connectivity index (χ4v) is 2.27. The summed E-state index contributed by atoms with van der Waals surface area (Å²) in [5.41, 5.74) is -3.21. The molecular formula is C12H10F6N2O2. The molecule has 0 saturated carbocycles. The fourth-order valence-electron chi connectivity index (χ4n) is 2.27. The number of hydrogen-bond acceptors (Lipinski definition) is 3. The van der Waals surface area contributed by atoms with Crippen molar-refractivity contribution in [2.24, 2.45) is 0 Å². The quantitative estimate of drug-likeness (QED) is 0.847. The Hall–Kier alpha value is -2.00. The van der Waals surface area contributed by atoms with E-state index >= 15 is 0 Å². The van der Waals surface area contributed by atoms with E-state index in [1.807, 2.05) is 0 Å². The minimum atomic E-state index is -5.06. The highest BCUT2D eigenvalue weighted by Crippen LogP contribution is 2.37. The Morgan fingerprint density at radius 2 is 1.82 bits per heavy atom. The van der Waals surface area contributed by atoms with Crippen molar-refractivity contribution in [3.63, 3.8) is 0 Å². The molecule has 1 aliphatic rings. The van der Waals surface area contributed by atoms with Crippen LogP contribution in [0.15, 0.2) is 12.1 Å². The van der Waals surface area contributed by atoms with Crippen LogP contribution >= 0.6 is 0 Å². The summed E-state index contributed by atoms with van der Waals surface area (Å²) in [6, 6.07) is -0.830. The number of anilines is 1. The average Bonchev–Trinajstić information content (AvgIpc) is 2.85. The summed E-state index contributed by atoms with van der Waals surface area (Å²) >= 11 is 0. The molecule has 1 saturated heterocycles. The fraction of sp³-hybridized carbons (Fsp3) is 0.500. The SMILES string of the molecule is O=C(O)[C@@H]1CCCN1c1cc(C(F)(F)F)cc(C(F)(F)F)n1. The molecule has 1 N–H and O–H groups in total. The van der Waals surface area contributed by atoms with Gasteiger partial charge in [-0.25, -0.2) is 9.78 Å². The Morgan fingerprint density at radius 1 is 1.18 bits per heavy atom. The molecule has 4 nitrogen and oxygen atoms in total. The van der Waals surface area contributed by atoms with Gasteiger partial charge in [0, 0.05) is 6.54 Å². The normalized spacial score (nSPS) is 19.5. The van der Waals surface area contributed by atoms with Crippen molar-refractivity contribution in [1.29, 1.82) is 0 Å². The van der Waals surface area contributed by atoms with Crippen LogP contribution in [0.3, 0.4) is 0 Å². The van der Waals surface area contributed by atoms with Gasteiger partial charge in [-0.05, 0) is 25.0 Å². The number of carboxylic acid groups (broad SMARTS) is 1. The number of hydrogen-bond donors (Lipinski definition) is 1. The maximum Gasteiger partial charge on any atom is 0.433 e. The van der Waals surface area contributed by atoms with Crippen LogP contribution in [0.2, 0.25) is 0 Å². The summed E-state index contributed by atoms with van der Waals surface area (Å²) in [6.45, 7) is 0.0303. The first kappa shape index (κ1) is 16.4. The first-order chi connectivity index (χ1) is 10.00. The van der Waals surface area contributed by atoms with E-state index in [4.69, 9.17) is 5.11 Å². The zero-order valence-electron chi connectivity index (χ0n) is 10.9. The van der Waals surface area contributed by atoms with Crippen LogP contribution in [0.25, 0.3) is 0 Å². The van der Waals surface area contributed by atoms with Crippen molar-refractivity contribution in [1.82, 2.24) is 4.98 Å². The van der Waals surface area contributed by atoms with E-state index in [0.717, 1.165) is 4.90 Å². The first-order valence-electron chi connectivity index (χ1n) is 6.16. The Morgan fingerprint density at radius 3 is 2.32 bits per heavy atom. The predicted molar refractivity (Wildman–Crippen MR) is 62.2 cm³/mol. The number of nitrogens with zero attached hydrogens (tertiary/aromatic N) is 2. The molecule has 0 aromatic carbocycles. The highest BCUT2D eigenvalue weighted by Gasteiger charge is 2.40. The Bertz CT molecular complexity index is 552. The minimum absolute atomic E-state index is 0.0303. The predicted octanol–water partition coefficient (Wildman–Crippen LogP) is 3.17. The van der Waals surface area contributed by atoms with Gasteiger partial charge in [-0.15, -0.1) is 0 Å². The molecule has 2 rings (SSSR count). The average molecular weight is 328 g/mol. The van der Waals surface area contributed by atoms with Crippen LogP contribution in [-0.2, 0) is 17.1 Å². The third kappa shape index (κ3) is 3.25. The van der Waals surface area contributed by atoms with E-state index in [1.54, 1.807) is 0 Å². The number of rotatable bonds is 2. The van der Waals surface area contributed by atoms with Gasteiger partial charge in [0.05, 0.1) is 5.56 Å². The number of aliphatic carboxylic acids is 1. The van der Waals surface area contributed by atoms with Crippen LogP contribution in [-0.4, -0.2) is 28.6 Å². The van der Waals surface area contributed by atoms with Gasteiger partial charge in [0.25, 0.3) is 0 Å². The van der Waals surface area contributed by atoms with Crippen LogP contribution in [0.4, 0.5) is 32.2 Å². The van der Waals surface area contributed by atoms with E-state index in [9.17, 15) is 31.1 Å². The molecule has 0 bridgehead atoms. The molecule has 1 aromatic heterocycles. The molecule has 10 heteroatoms. The van der Waals surface area contributed by atoms with E-state index < -0.39 is 41.4 Å². The van der Waals surface area contributed by atoms with E-state index in [0.29, 0.717) is 12.5 Å². The molecule has 0 unspecified atom stereocenters. The standard InChI is InChI=1S/C12H10F6N2O2/c13-11(14,15)6-4-8(12(16,17)18)19-9(5-6)20-3-1-2-7(20)10(21)22/h4-5,7H,1-3H2,(H,21,22)/t7-/m0/s1. The number of alkyl halides is 6. The number of halogens is 6. The molecule has 1 atom stereocenters. The van der Waals surface area contributed by atoms with E-state index in [2.05, 4.69) is 4.98 Å². The van der Waals surface area contributed by atoms with E-state index in [-0.39, 0.29) is 19.0 Å². The van der Waals surface area contributed by atoms with Gasteiger partial charge >= 0.3 is 18.3 Å². The second-order valence-corrected chi connectivity index (χ2v) is 4.78. The number of pyridine rings is 1. The molecule has 1 fully saturated rings. The molecule has 122 valence electrons. The van der Waals surface area contributed by atoms with Gasteiger partial charge in [-0.1, -0.05) is 0 Å². The van der Waals surface area contributed by atoms with Crippen LogP contribution in [0.5, 0.6) is 0 Å². The molecule has 1 aliphatic heterocycles. The molecular weight excluding hydrogens is 318 g/mol. The topological polar surface area (TPSA) is 53.4 Å². The monoisotopic (exact) mass is 328 g/mol. The van der Waals surface area contributed by atoms with Crippen LogP contribution in [0, 0.1) is 0 Å². The summed E-state index contributed by atoms with van der Waals surface area (Å²) in [4.78, 5) is 15.2. The second kappa shape index (κ2) is 5.33. The largest absolute Gasteiger partial charge is 0.480 e. The molecule has 1 aromatic rings. The van der Waals surface area contributed by atoms with Crippen LogP contribution < -0.4 is 4.90 Å². The highest BCUT2D eigenvalue weighted by atomic mass is 19.4. The summed E-state index contributed by atoms with van der Waals surface area (Å²) in [5, 5.41) is 8.99. The minimum Gasteiger partial charge on any atom is -0.480 e. The number of carbonyl (C=O) groups is 1. The lowest BCUT2D eigenvalue weighted by molar-refractivity contribution is -0.145. The molecule has 0 radical (unpaired) electrons. The summed E-state index contributed by atoms with van der Waals surface area (Å²) in [5.74, 6) is -1.95. The van der Waals surface area contributed by atoms with Crippen molar-refractivity contribution in [3.8, 4) is 0 Å². The van der Waals surface area contributed by atoms with Crippen LogP contribution in [0.1, 0.15) is 24.1 Å². The van der Waals surface area contributed by atoms with Crippen molar-refractivity contribution in [2.45, 2.75) is 31.2 Å². The van der Waals surface area contributed by atoms with Crippen molar-refractivity contribution in [3.05, 3.63) is 23.4 Å². The Labute approximate surface area is 120 Å². The molecule has 0 spiro atoms. The van der Waals surface area contributed by atoms with Crippen molar-refractivity contribution >= 4 is 11.8 Å². The van der Waals surface area contributed by atoms with Gasteiger partial charge in [0.2, 0.25) is 0 Å². The third-order valence-corrected chi connectivity index (χ3v) is 3.26. The van der Waals surface area contributed by atoms with Gasteiger partial charge in [-0.3, -0.25) is 0 Å². The third-order valence-electron chi connectivity index (χ3n) is 3.26. The second-order valence-electron chi connectivity index (χ2n) is 4.78. The zero-order valence-corrected chi connectivity index (χ0v) is 10.9. The van der Waals surface area contributed by atoms with Gasteiger partial charge in [-0.2, -0.15) is 26.3 Å². The van der Waals surface area contributed by atoms with Gasteiger partial charge in [0.1, 0.15) is 17.6 Å². The van der Waals surface area contributed by atoms with E-state index in [1.165, 1.54) is 0 Å². The zero-order chi connectivity index (χ0) is 16.7. The molecule has 0 amide bonds. The lowest BCUT2D eigenvalue weighted by Gasteiger charge is -2.24. The number of carboxylic acids is 1. The summed E-state index contributed by atoms with van der Waals surface area (Å²) < 4.78 is 76.4. The molecule has 22 heavy (non-hydrogen) atoms. The maximum atomic E-state index is 12.7. The lowest BCUT2D eigenvalue weighted by Crippen LogP contribution is -2.37. The smallest absolute Gasteiger partial charge is 0.433 e. The number of aromatic nitrogens is 1. The summed E-state index contributed by atoms with van der Waals surface area (Å²) in [6.07, 6.45) is -9.57. The highest BCUT2D eigenvalue weighted by molar-refractivity contribution is 5.78. The van der Waals surface area contributed by atoms with Gasteiger partial charge < -0.3 is 10.0 Å². The lowest BCUT2D eigenvalue weighted by atomic mass is 10.2. The first-order valence-corrected chi connectivity index (χ1v) is 6.16.